The first-order valence-electron chi connectivity index (χ1n) is 8.73. The van der Waals surface area contributed by atoms with Gasteiger partial charge >= 0.3 is 0 Å². The van der Waals surface area contributed by atoms with E-state index < -0.39 is 0 Å². The summed E-state index contributed by atoms with van der Waals surface area (Å²) in [4.78, 5) is 14.1. The number of benzene rings is 2. The van der Waals surface area contributed by atoms with Crippen LogP contribution in [0.2, 0.25) is 0 Å². The van der Waals surface area contributed by atoms with Crippen molar-refractivity contribution >= 4 is 17.7 Å². The molecule has 28 heavy (non-hydrogen) atoms. The van der Waals surface area contributed by atoms with Gasteiger partial charge in [0.2, 0.25) is 11.1 Å². The van der Waals surface area contributed by atoms with E-state index in [9.17, 15) is 9.90 Å². The molecular weight excluding hydrogens is 378 g/mol. The number of hydrogen-bond donors (Lipinski definition) is 1. The largest absolute Gasteiger partial charge is 0.508 e. The Morgan fingerprint density at radius 1 is 1.18 bits per heavy atom. The fourth-order valence-corrected chi connectivity index (χ4v) is 3.31. The molecule has 0 radical (unpaired) electrons. The Balaban J connectivity index is 1.57. The summed E-state index contributed by atoms with van der Waals surface area (Å²) in [5.41, 5.74) is 1.73. The Morgan fingerprint density at radius 3 is 2.57 bits per heavy atom. The molecule has 0 aliphatic carbocycles. The summed E-state index contributed by atoms with van der Waals surface area (Å²) in [7, 11) is 1.77. The fourth-order valence-electron chi connectivity index (χ4n) is 2.48. The standard InChI is InChI=1S/C19H21N5O3S/c1-3-27-17-10-4-14(5-11-17)12-23(2)18(26)13-28-19-20-21-22-24(19)15-6-8-16(25)9-7-15/h4-11,25H,3,12-13H2,1-2H3. The summed E-state index contributed by atoms with van der Waals surface area (Å²) in [5, 5.41) is 21.5. The Hall–Kier alpha value is -3.07. The number of phenolic OH excluding ortho intramolecular Hbond substituents is 1. The number of carbonyl (C=O) groups is 1. The minimum absolute atomic E-state index is 0.0286. The molecule has 1 aromatic heterocycles. The van der Waals surface area contributed by atoms with Gasteiger partial charge in [-0.1, -0.05) is 23.9 Å². The molecule has 0 aliphatic heterocycles. The van der Waals surface area contributed by atoms with Crippen molar-refractivity contribution in [2.24, 2.45) is 0 Å². The number of aromatic nitrogens is 4. The predicted octanol–water partition coefficient (Wildman–Crippen LogP) is 2.52. The van der Waals surface area contributed by atoms with E-state index in [2.05, 4.69) is 15.5 Å². The van der Waals surface area contributed by atoms with Gasteiger partial charge in [-0.25, -0.2) is 0 Å². The SMILES string of the molecule is CCOc1ccc(CN(C)C(=O)CSc2nnnn2-c2ccc(O)cc2)cc1. The molecule has 146 valence electrons. The molecule has 9 heteroatoms. The van der Waals surface area contributed by atoms with E-state index in [0.29, 0.717) is 24.0 Å². The molecule has 1 N–H and O–H groups in total. The number of rotatable bonds is 8. The van der Waals surface area contributed by atoms with E-state index in [4.69, 9.17) is 4.74 Å². The van der Waals surface area contributed by atoms with Crippen LogP contribution in [0.25, 0.3) is 5.69 Å². The molecule has 1 heterocycles. The monoisotopic (exact) mass is 399 g/mol. The van der Waals surface area contributed by atoms with Gasteiger partial charge in [-0.05, 0) is 59.3 Å². The van der Waals surface area contributed by atoms with Crippen LogP contribution in [0, 0.1) is 0 Å². The normalized spacial score (nSPS) is 10.6. The van der Waals surface area contributed by atoms with Gasteiger partial charge < -0.3 is 14.7 Å². The Kier molecular flexibility index (Phi) is 6.49. The highest BCUT2D eigenvalue weighted by Crippen LogP contribution is 2.20. The average molecular weight is 399 g/mol. The van der Waals surface area contributed by atoms with Gasteiger partial charge in [0.25, 0.3) is 0 Å². The van der Waals surface area contributed by atoms with Gasteiger partial charge in [0, 0.05) is 13.6 Å². The highest BCUT2D eigenvalue weighted by Gasteiger charge is 2.14. The summed E-state index contributed by atoms with van der Waals surface area (Å²) in [6.45, 7) is 3.07. The van der Waals surface area contributed by atoms with Crippen LogP contribution in [0.1, 0.15) is 12.5 Å². The van der Waals surface area contributed by atoms with Crippen LogP contribution in [0.4, 0.5) is 0 Å². The van der Waals surface area contributed by atoms with Crippen molar-refractivity contribution < 1.29 is 14.6 Å². The van der Waals surface area contributed by atoms with Crippen LogP contribution in [-0.4, -0.2) is 55.5 Å². The topological polar surface area (TPSA) is 93.4 Å². The zero-order valence-corrected chi connectivity index (χ0v) is 16.5. The molecule has 8 nitrogen and oxygen atoms in total. The van der Waals surface area contributed by atoms with Gasteiger partial charge in [0.05, 0.1) is 18.0 Å². The second kappa shape index (κ2) is 9.23. The summed E-state index contributed by atoms with van der Waals surface area (Å²) >= 11 is 1.26. The number of hydrogen-bond acceptors (Lipinski definition) is 7. The van der Waals surface area contributed by atoms with Crippen LogP contribution in [-0.2, 0) is 11.3 Å². The van der Waals surface area contributed by atoms with Crippen molar-refractivity contribution in [2.75, 3.05) is 19.4 Å². The second-order valence-electron chi connectivity index (χ2n) is 6.01. The molecule has 1 amide bonds. The molecular formula is C19H21N5O3S. The van der Waals surface area contributed by atoms with Gasteiger partial charge in [0.15, 0.2) is 0 Å². The molecule has 2 aromatic carbocycles. The number of ether oxygens (including phenoxy) is 1. The van der Waals surface area contributed by atoms with Gasteiger partial charge in [-0.2, -0.15) is 4.68 Å². The number of tetrazole rings is 1. The first kappa shape index (κ1) is 19.7. The number of thioether (sulfide) groups is 1. The molecule has 0 saturated heterocycles. The van der Waals surface area contributed by atoms with E-state index in [1.165, 1.54) is 16.4 Å². The molecule has 0 bridgehead atoms. The lowest BCUT2D eigenvalue weighted by Gasteiger charge is -2.17. The highest BCUT2D eigenvalue weighted by molar-refractivity contribution is 7.99. The first-order valence-corrected chi connectivity index (χ1v) is 9.71. The van der Waals surface area contributed by atoms with Crippen molar-refractivity contribution in [3.8, 4) is 17.2 Å². The number of nitrogens with zero attached hydrogens (tertiary/aromatic N) is 5. The third-order valence-corrected chi connectivity index (χ3v) is 4.84. The third kappa shape index (κ3) is 5.01. The number of aromatic hydroxyl groups is 1. The molecule has 0 spiro atoms. The van der Waals surface area contributed by atoms with Crippen LogP contribution >= 0.6 is 11.8 Å². The van der Waals surface area contributed by atoms with Crippen molar-refractivity contribution in [3.63, 3.8) is 0 Å². The van der Waals surface area contributed by atoms with Crippen LogP contribution in [0.15, 0.2) is 53.7 Å². The van der Waals surface area contributed by atoms with Crippen molar-refractivity contribution in [1.29, 1.82) is 0 Å². The minimum atomic E-state index is -0.0286. The maximum atomic E-state index is 12.5. The smallest absolute Gasteiger partial charge is 0.233 e. The van der Waals surface area contributed by atoms with Gasteiger partial charge in [-0.15, -0.1) is 5.10 Å². The Bertz CT molecular complexity index is 912. The van der Waals surface area contributed by atoms with Crippen LogP contribution < -0.4 is 4.74 Å². The Labute approximate surface area is 167 Å². The summed E-state index contributed by atoms with van der Waals surface area (Å²) in [6.07, 6.45) is 0. The van der Waals surface area contributed by atoms with Crippen molar-refractivity contribution in [3.05, 3.63) is 54.1 Å². The summed E-state index contributed by atoms with van der Waals surface area (Å²) < 4.78 is 6.96. The highest BCUT2D eigenvalue weighted by atomic mass is 32.2. The molecule has 0 saturated carbocycles. The van der Waals surface area contributed by atoms with E-state index in [0.717, 1.165) is 11.3 Å². The maximum absolute atomic E-state index is 12.5. The fraction of sp³-hybridized carbons (Fsp3) is 0.263. The quantitative estimate of drug-likeness (QED) is 0.582. The molecule has 3 rings (SSSR count). The molecule has 3 aromatic rings. The zero-order valence-electron chi connectivity index (χ0n) is 15.6. The zero-order chi connectivity index (χ0) is 19.9. The van der Waals surface area contributed by atoms with Gasteiger partial charge in [-0.3, -0.25) is 4.79 Å². The molecule has 0 fully saturated rings. The number of phenols is 1. The second-order valence-corrected chi connectivity index (χ2v) is 6.95. The Morgan fingerprint density at radius 2 is 1.89 bits per heavy atom. The lowest BCUT2D eigenvalue weighted by molar-refractivity contribution is -0.127. The van der Waals surface area contributed by atoms with Crippen molar-refractivity contribution in [2.45, 2.75) is 18.6 Å². The summed E-state index contributed by atoms with van der Waals surface area (Å²) in [5.74, 6) is 1.17. The van der Waals surface area contributed by atoms with Gasteiger partial charge in [0.1, 0.15) is 11.5 Å². The van der Waals surface area contributed by atoms with E-state index in [1.54, 1.807) is 36.2 Å². The lowest BCUT2D eigenvalue weighted by Crippen LogP contribution is -2.27. The number of carbonyl (C=O) groups excluding carboxylic acids is 1. The lowest BCUT2D eigenvalue weighted by atomic mass is 10.2. The number of amides is 1. The molecule has 0 atom stereocenters. The average Bonchev–Trinajstić information content (AvgIpc) is 3.17. The third-order valence-electron chi connectivity index (χ3n) is 3.94. The van der Waals surface area contributed by atoms with E-state index in [1.807, 2.05) is 31.2 Å². The van der Waals surface area contributed by atoms with Crippen LogP contribution in [0.5, 0.6) is 11.5 Å². The van der Waals surface area contributed by atoms with E-state index in [-0.39, 0.29) is 17.4 Å². The molecule has 0 aliphatic rings. The predicted molar refractivity (Wildman–Crippen MR) is 106 cm³/mol. The van der Waals surface area contributed by atoms with Crippen molar-refractivity contribution in [1.82, 2.24) is 25.1 Å². The van der Waals surface area contributed by atoms with Crippen LogP contribution in [0.3, 0.4) is 0 Å². The summed E-state index contributed by atoms with van der Waals surface area (Å²) in [6, 6.07) is 14.2. The molecule has 0 unspecified atom stereocenters. The van der Waals surface area contributed by atoms with E-state index >= 15 is 0 Å². The first-order chi connectivity index (χ1) is 13.6. The maximum Gasteiger partial charge on any atom is 0.233 e. The minimum Gasteiger partial charge on any atom is -0.508 e.